The number of H-pyrrole nitrogens is 1. The van der Waals surface area contributed by atoms with E-state index in [1.54, 1.807) is 24.3 Å². The van der Waals surface area contributed by atoms with Crippen LogP contribution in [0.4, 0.5) is 11.6 Å². The fraction of sp³-hybridized carbons (Fsp3) is 0.381. The van der Waals surface area contributed by atoms with Gasteiger partial charge >= 0.3 is 0 Å². The lowest BCUT2D eigenvalue weighted by atomic mass is 10.0. The highest BCUT2D eigenvalue weighted by Crippen LogP contribution is 2.28. The van der Waals surface area contributed by atoms with Crippen molar-refractivity contribution in [1.82, 2.24) is 25.5 Å². The summed E-state index contributed by atoms with van der Waals surface area (Å²) in [6.45, 7) is 3.48. The highest BCUT2D eigenvalue weighted by molar-refractivity contribution is 7.90. The van der Waals surface area contributed by atoms with Crippen molar-refractivity contribution in [3.63, 3.8) is 0 Å². The molecule has 3 heterocycles. The van der Waals surface area contributed by atoms with Gasteiger partial charge in [-0.3, -0.25) is 5.10 Å². The minimum absolute atomic E-state index is 0.116. The number of rotatable bonds is 8. The number of nitrogens with one attached hydrogen (secondary N) is 3. The van der Waals surface area contributed by atoms with Gasteiger partial charge in [-0.25, -0.2) is 18.4 Å². The van der Waals surface area contributed by atoms with E-state index in [1.807, 2.05) is 13.0 Å². The molecule has 1 aliphatic heterocycles. The highest BCUT2D eigenvalue weighted by Gasteiger charge is 2.25. The fourth-order valence-electron chi connectivity index (χ4n) is 3.61. The zero-order chi connectivity index (χ0) is 22.7. The van der Waals surface area contributed by atoms with Crippen LogP contribution in [0.5, 0.6) is 11.5 Å². The Morgan fingerprint density at radius 2 is 1.81 bits per heavy atom. The topological polar surface area (TPSA) is 131 Å². The van der Waals surface area contributed by atoms with Crippen molar-refractivity contribution in [1.29, 1.82) is 0 Å². The molecule has 1 aliphatic rings. The van der Waals surface area contributed by atoms with Gasteiger partial charge < -0.3 is 20.1 Å². The number of nitrogens with zero attached hydrogens (tertiary/aromatic N) is 3. The lowest BCUT2D eigenvalue weighted by Gasteiger charge is -2.13. The maximum absolute atomic E-state index is 13.3. The number of ether oxygens (including phenoxy) is 2. The van der Waals surface area contributed by atoms with Gasteiger partial charge in [-0.1, -0.05) is 0 Å². The molecule has 1 fully saturated rings. The van der Waals surface area contributed by atoms with Gasteiger partial charge in [0.1, 0.15) is 17.3 Å². The second-order valence-corrected chi connectivity index (χ2v) is 9.57. The number of aromatic nitrogens is 4. The van der Waals surface area contributed by atoms with Crippen LogP contribution in [0.3, 0.4) is 0 Å². The van der Waals surface area contributed by atoms with Crippen molar-refractivity contribution in [2.24, 2.45) is 0 Å². The van der Waals surface area contributed by atoms with Crippen molar-refractivity contribution in [3.05, 3.63) is 47.3 Å². The van der Waals surface area contributed by atoms with E-state index in [2.05, 4.69) is 30.8 Å². The Hall–Kier alpha value is -3.18. The van der Waals surface area contributed by atoms with Gasteiger partial charge in [0.15, 0.2) is 5.82 Å². The van der Waals surface area contributed by atoms with Crippen LogP contribution in [0.1, 0.15) is 29.3 Å². The summed E-state index contributed by atoms with van der Waals surface area (Å²) in [5, 5.41) is 13.2. The monoisotopic (exact) mass is 458 g/mol. The van der Waals surface area contributed by atoms with Crippen LogP contribution in [0, 0.1) is 6.92 Å². The summed E-state index contributed by atoms with van der Waals surface area (Å²) in [7, 11) is -0.811. The van der Waals surface area contributed by atoms with E-state index in [1.165, 1.54) is 14.2 Å². The van der Waals surface area contributed by atoms with Crippen LogP contribution in [0.2, 0.25) is 0 Å². The molecule has 32 heavy (non-hydrogen) atoms. The first kappa shape index (κ1) is 22.0. The van der Waals surface area contributed by atoms with E-state index < -0.39 is 9.84 Å². The summed E-state index contributed by atoms with van der Waals surface area (Å²) in [6.07, 6.45) is 0.880. The van der Waals surface area contributed by atoms with Gasteiger partial charge in [0.2, 0.25) is 15.0 Å². The fourth-order valence-corrected chi connectivity index (χ4v) is 4.83. The zero-order valence-electron chi connectivity index (χ0n) is 18.2. The van der Waals surface area contributed by atoms with Crippen LogP contribution in [0.25, 0.3) is 0 Å². The van der Waals surface area contributed by atoms with Gasteiger partial charge in [-0.2, -0.15) is 5.10 Å². The predicted molar refractivity (Wildman–Crippen MR) is 119 cm³/mol. The number of aromatic amines is 1. The molecule has 1 saturated heterocycles. The first-order valence-corrected chi connectivity index (χ1v) is 11.8. The molecule has 1 unspecified atom stereocenters. The van der Waals surface area contributed by atoms with Crippen LogP contribution >= 0.6 is 0 Å². The van der Waals surface area contributed by atoms with E-state index in [0.29, 0.717) is 34.4 Å². The minimum atomic E-state index is -3.85. The number of hydrogen-bond donors (Lipinski definition) is 3. The predicted octanol–water partition coefficient (Wildman–Crippen LogP) is 2.32. The first-order chi connectivity index (χ1) is 15.4. The lowest BCUT2D eigenvalue weighted by Crippen LogP contribution is -2.15. The number of sulfone groups is 1. The van der Waals surface area contributed by atoms with E-state index >= 15 is 0 Å². The van der Waals surface area contributed by atoms with Crippen molar-refractivity contribution in [2.45, 2.75) is 30.2 Å². The van der Waals surface area contributed by atoms with Crippen LogP contribution < -0.4 is 20.1 Å². The number of aryl methyl sites for hydroxylation is 1. The molecule has 4 rings (SSSR count). The molecule has 2 aromatic heterocycles. The Balaban J connectivity index is 1.70. The zero-order valence-corrected chi connectivity index (χ0v) is 19.0. The van der Waals surface area contributed by atoms with E-state index in [9.17, 15) is 8.42 Å². The molecule has 0 bridgehead atoms. The first-order valence-electron chi connectivity index (χ1n) is 10.2. The molecule has 3 aromatic rings. The summed E-state index contributed by atoms with van der Waals surface area (Å²) in [6, 6.07) is 8.62. The lowest BCUT2D eigenvalue weighted by molar-refractivity contribution is 0.393. The third-order valence-corrected chi connectivity index (χ3v) is 6.66. The third kappa shape index (κ3) is 5.00. The maximum atomic E-state index is 13.3. The molecule has 11 heteroatoms. The van der Waals surface area contributed by atoms with Crippen molar-refractivity contribution >= 4 is 21.5 Å². The van der Waals surface area contributed by atoms with E-state index in [-0.39, 0.29) is 16.8 Å². The molecule has 1 aromatic carbocycles. The second kappa shape index (κ2) is 9.13. The summed E-state index contributed by atoms with van der Waals surface area (Å²) in [5.41, 5.74) is 2.08. The molecule has 3 N–H and O–H groups in total. The number of anilines is 2. The molecule has 1 atom stereocenters. The maximum Gasteiger partial charge on any atom is 0.249 e. The number of methoxy groups -OCH3 is 2. The molecular formula is C21H26N6O4S. The Kier molecular flexibility index (Phi) is 6.28. The molecule has 0 radical (unpaired) electrons. The Bertz CT molecular complexity index is 1180. The molecule has 0 spiro atoms. The van der Waals surface area contributed by atoms with Gasteiger partial charge in [0, 0.05) is 36.4 Å². The number of hydrogen-bond acceptors (Lipinski definition) is 9. The van der Waals surface area contributed by atoms with Gasteiger partial charge in [-0.05, 0) is 37.6 Å². The SMILES string of the molecule is COc1cc(CS(=O)(=O)c2nc(Nc3cc(C)[nH]n3)cc(C3CCNC3)n2)cc(OC)c1. The normalized spacial score (nSPS) is 16.2. The number of benzene rings is 1. The molecule has 0 aliphatic carbocycles. The van der Waals surface area contributed by atoms with Crippen LogP contribution in [-0.4, -0.2) is 55.9 Å². The molecule has 0 saturated carbocycles. The van der Waals surface area contributed by atoms with Crippen molar-refractivity contribution in [2.75, 3.05) is 32.6 Å². The second-order valence-electron chi connectivity index (χ2n) is 7.69. The summed E-state index contributed by atoms with van der Waals surface area (Å²) < 4.78 is 37.1. The van der Waals surface area contributed by atoms with Crippen molar-refractivity contribution in [3.8, 4) is 11.5 Å². The Labute approximate surface area is 186 Å². The summed E-state index contributed by atoms with van der Waals surface area (Å²) >= 11 is 0. The largest absolute Gasteiger partial charge is 0.497 e. The van der Waals surface area contributed by atoms with Gasteiger partial charge in [0.05, 0.1) is 25.7 Å². The molecule has 10 nitrogen and oxygen atoms in total. The quantitative estimate of drug-likeness (QED) is 0.435. The third-order valence-electron chi connectivity index (χ3n) is 5.21. The molecular weight excluding hydrogens is 432 g/mol. The Morgan fingerprint density at radius 3 is 2.41 bits per heavy atom. The van der Waals surface area contributed by atoms with Crippen LogP contribution in [-0.2, 0) is 15.6 Å². The standard InChI is InChI=1S/C21H26N6O4S/c1-13-6-20(27-26-13)24-19-10-18(15-4-5-22-11-15)23-21(25-19)32(28,29)12-14-7-16(30-2)9-17(8-14)31-3/h6-10,15,22H,4-5,11-12H2,1-3H3,(H2,23,24,25,26,27). The Morgan fingerprint density at radius 1 is 1.06 bits per heavy atom. The van der Waals surface area contributed by atoms with E-state index in [0.717, 1.165) is 25.2 Å². The van der Waals surface area contributed by atoms with Crippen LogP contribution in [0.15, 0.2) is 35.5 Å². The van der Waals surface area contributed by atoms with Gasteiger partial charge in [0.25, 0.3) is 0 Å². The van der Waals surface area contributed by atoms with Crippen molar-refractivity contribution < 1.29 is 17.9 Å². The minimum Gasteiger partial charge on any atom is -0.497 e. The average Bonchev–Trinajstić information content (AvgIpc) is 3.45. The average molecular weight is 459 g/mol. The highest BCUT2D eigenvalue weighted by atomic mass is 32.2. The molecule has 170 valence electrons. The van der Waals surface area contributed by atoms with Gasteiger partial charge in [-0.15, -0.1) is 0 Å². The molecule has 0 amide bonds. The van der Waals surface area contributed by atoms with E-state index in [4.69, 9.17) is 9.47 Å². The summed E-state index contributed by atoms with van der Waals surface area (Å²) in [5.74, 6) is 1.79. The smallest absolute Gasteiger partial charge is 0.249 e. The summed E-state index contributed by atoms with van der Waals surface area (Å²) in [4.78, 5) is 8.76.